The molecule has 3 rings (SSSR count). The zero-order valence-corrected chi connectivity index (χ0v) is 16.9. The standard InChI is InChI=1S/C22H30N4O/c1-16-10-17(2)12-21(11-16)26-18(3)13-20(19(26)4)14-23-24-22(27)15-25-8-6-5-7-9-25/h10-14H,5-9,15H2,1-4H3,(H,24,27)/b23-14+. The fraction of sp³-hybridized carbons (Fsp3) is 0.455. The molecule has 1 N–H and O–H groups in total. The second-order valence-electron chi connectivity index (χ2n) is 7.64. The van der Waals surface area contributed by atoms with E-state index in [0.29, 0.717) is 6.54 Å². The highest BCUT2D eigenvalue weighted by Gasteiger charge is 2.13. The number of likely N-dealkylation sites (tertiary alicyclic amines) is 1. The third-order valence-electron chi connectivity index (χ3n) is 5.14. The molecule has 0 radical (unpaired) electrons. The van der Waals surface area contributed by atoms with Gasteiger partial charge in [0.15, 0.2) is 0 Å². The number of benzene rings is 1. The molecule has 0 atom stereocenters. The molecule has 27 heavy (non-hydrogen) atoms. The van der Waals surface area contributed by atoms with Gasteiger partial charge < -0.3 is 4.57 Å². The van der Waals surface area contributed by atoms with E-state index in [0.717, 1.165) is 35.7 Å². The minimum absolute atomic E-state index is 0.0451. The Balaban J connectivity index is 1.68. The SMILES string of the molecule is Cc1cc(C)cc(-n2c(C)cc(/C=N/NC(=O)CN3CCCCC3)c2C)c1. The molecule has 144 valence electrons. The summed E-state index contributed by atoms with van der Waals surface area (Å²) in [5.74, 6) is -0.0451. The van der Waals surface area contributed by atoms with Gasteiger partial charge in [0, 0.05) is 22.6 Å². The maximum absolute atomic E-state index is 12.1. The number of carbonyl (C=O) groups excluding carboxylic acids is 1. The number of amides is 1. The van der Waals surface area contributed by atoms with Gasteiger partial charge in [0.05, 0.1) is 12.8 Å². The lowest BCUT2D eigenvalue weighted by Crippen LogP contribution is -2.38. The Kier molecular flexibility index (Phi) is 6.11. The van der Waals surface area contributed by atoms with E-state index < -0.39 is 0 Å². The molecule has 0 bridgehead atoms. The van der Waals surface area contributed by atoms with Gasteiger partial charge in [-0.25, -0.2) is 5.43 Å². The molecule has 1 aliphatic heterocycles. The highest BCUT2D eigenvalue weighted by Crippen LogP contribution is 2.21. The average Bonchev–Trinajstić information content (AvgIpc) is 2.88. The molecule has 0 spiro atoms. The van der Waals surface area contributed by atoms with Crippen LogP contribution in [-0.4, -0.2) is 41.2 Å². The van der Waals surface area contributed by atoms with Gasteiger partial charge in [-0.2, -0.15) is 5.10 Å². The van der Waals surface area contributed by atoms with Crippen molar-refractivity contribution < 1.29 is 4.79 Å². The van der Waals surface area contributed by atoms with E-state index in [1.165, 1.54) is 30.4 Å². The molecule has 1 saturated heterocycles. The highest BCUT2D eigenvalue weighted by atomic mass is 16.2. The molecule has 2 aromatic rings. The predicted octanol–water partition coefficient (Wildman–Crippen LogP) is 3.65. The third kappa shape index (κ3) is 4.86. The summed E-state index contributed by atoms with van der Waals surface area (Å²) in [7, 11) is 0. The molecular weight excluding hydrogens is 336 g/mol. The molecule has 0 saturated carbocycles. The van der Waals surface area contributed by atoms with E-state index >= 15 is 0 Å². The smallest absolute Gasteiger partial charge is 0.254 e. The summed E-state index contributed by atoms with van der Waals surface area (Å²) >= 11 is 0. The molecule has 1 aliphatic rings. The Morgan fingerprint density at radius 3 is 2.37 bits per heavy atom. The van der Waals surface area contributed by atoms with Crippen LogP contribution in [0.25, 0.3) is 5.69 Å². The Morgan fingerprint density at radius 2 is 1.70 bits per heavy atom. The Labute approximate surface area is 162 Å². The van der Waals surface area contributed by atoms with Gasteiger partial charge in [0.1, 0.15) is 0 Å². The lowest BCUT2D eigenvalue weighted by molar-refractivity contribution is -0.122. The summed E-state index contributed by atoms with van der Waals surface area (Å²) in [4.78, 5) is 14.3. The molecule has 1 aromatic carbocycles. The maximum atomic E-state index is 12.1. The molecule has 1 aromatic heterocycles. The molecule has 1 fully saturated rings. The van der Waals surface area contributed by atoms with Gasteiger partial charge in [-0.15, -0.1) is 0 Å². The first kappa shape index (κ1) is 19.4. The van der Waals surface area contributed by atoms with Crippen molar-refractivity contribution in [2.24, 2.45) is 5.10 Å². The number of carbonyl (C=O) groups is 1. The van der Waals surface area contributed by atoms with Crippen LogP contribution in [0.4, 0.5) is 0 Å². The largest absolute Gasteiger partial charge is 0.318 e. The fourth-order valence-electron chi connectivity index (χ4n) is 3.93. The summed E-state index contributed by atoms with van der Waals surface area (Å²) < 4.78 is 2.23. The molecule has 5 heteroatoms. The van der Waals surface area contributed by atoms with Crippen LogP contribution < -0.4 is 5.43 Å². The summed E-state index contributed by atoms with van der Waals surface area (Å²) in [6, 6.07) is 8.66. The van der Waals surface area contributed by atoms with Crippen molar-refractivity contribution >= 4 is 12.1 Å². The van der Waals surface area contributed by atoms with E-state index in [1.54, 1.807) is 6.21 Å². The average molecular weight is 367 g/mol. The Morgan fingerprint density at radius 1 is 1.04 bits per heavy atom. The number of aromatic nitrogens is 1. The first-order valence-corrected chi connectivity index (χ1v) is 9.76. The summed E-state index contributed by atoms with van der Waals surface area (Å²) in [5.41, 5.74) is 9.62. The number of piperidine rings is 1. The van der Waals surface area contributed by atoms with E-state index in [-0.39, 0.29) is 5.91 Å². The van der Waals surface area contributed by atoms with Gasteiger partial charge in [0.2, 0.25) is 0 Å². The lowest BCUT2D eigenvalue weighted by Gasteiger charge is -2.25. The number of hydrogen-bond donors (Lipinski definition) is 1. The predicted molar refractivity (Wildman–Crippen MR) is 111 cm³/mol. The second kappa shape index (κ2) is 8.53. The van der Waals surface area contributed by atoms with Crippen molar-refractivity contribution in [1.82, 2.24) is 14.9 Å². The summed E-state index contributed by atoms with van der Waals surface area (Å²) in [6.07, 6.45) is 5.38. The minimum Gasteiger partial charge on any atom is -0.318 e. The number of hydrogen-bond acceptors (Lipinski definition) is 3. The van der Waals surface area contributed by atoms with Crippen molar-refractivity contribution in [1.29, 1.82) is 0 Å². The van der Waals surface area contributed by atoms with Crippen LogP contribution in [0.2, 0.25) is 0 Å². The first-order valence-electron chi connectivity index (χ1n) is 9.76. The van der Waals surface area contributed by atoms with Gasteiger partial charge >= 0.3 is 0 Å². The molecule has 1 amide bonds. The molecule has 5 nitrogen and oxygen atoms in total. The minimum atomic E-state index is -0.0451. The van der Waals surface area contributed by atoms with Crippen LogP contribution >= 0.6 is 0 Å². The number of aryl methyl sites for hydroxylation is 3. The van der Waals surface area contributed by atoms with Gasteiger partial charge in [-0.3, -0.25) is 9.69 Å². The molecule has 0 unspecified atom stereocenters. The van der Waals surface area contributed by atoms with Crippen molar-refractivity contribution in [3.63, 3.8) is 0 Å². The van der Waals surface area contributed by atoms with Gasteiger partial charge in [-0.05, 0) is 83.0 Å². The molecule has 2 heterocycles. The first-order chi connectivity index (χ1) is 12.9. The Hall–Kier alpha value is -2.40. The monoisotopic (exact) mass is 366 g/mol. The van der Waals surface area contributed by atoms with E-state index in [2.05, 4.69) is 72.0 Å². The van der Waals surface area contributed by atoms with Crippen molar-refractivity contribution in [2.45, 2.75) is 47.0 Å². The highest BCUT2D eigenvalue weighted by molar-refractivity contribution is 5.84. The van der Waals surface area contributed by atoms with E-state index in [4.69, 9.17) is 0 Å². The lowest BCUT2D eigenvalue weighted by atomic mass is 10.1. The van der Waals surface area contributed by atoms with Crippen molar-refractivity contribution in [3.05, 3.63) is 52.3 Å². The van der Waals surface area contributed by atoms with Gasteiger partial charge in [-0.1, -0.05) is 12.5 Å². The van der Waals surface area contributed by atoms with Crippen LogP contribution in [0.15, 0.2) is 29.4 Å². The molecular formula is C22H30N4O. The van der Waals surface area contributed by atoms with Crippen molar-refractivity contribution in [3.8, 4) is 5.69 Å². The number of nitrogens with one attached hydrogen (secondary N) is 1. The van der Waals surface area contributed by atoms with Crippen LogP contribution in [0.1, 0.15) is 47.3 Å². The van der Waals surface area contributed by atoms with Crippen LogP contribution in [0.3, 0.4) is 0 Å². The Bertz CT molecular complexity index is 824. The van der Waals surface area contributed by atoms with Crippen LogP contribution in [0, 0.1) is 27.7 Å². The number of hydrazone groups is 1. The normalized spacial score (nSPS) is 15.4. The molecule has 0 aliphatic carbocycles. The van der Waals surface area contributed by atoms with Crippen LogP contribution in [-0.2, 0) is 4.79 Å². The van der Waals surface area contributed by atoms with Crippen LogP contribution in [0.5, 0.6) is 0 Å². The quantitative estimate of drug-likeness (QED) is 0.649. The van der Waals surface area contributed by atoms with E-state index in [9.17, 15) is 4.79 Å². The topological polar surface area (TPSA) is 49.6 Å². The summed E-state index contributed by atoms with van der Waals surface area (Å²) in [6.45, 7) is 10.9. The van der Waals surface area contributed by atoms with Gasteiger partial charge in [0.25, 0.3) is 5.91 Å². The fourth-order valence-corrected chi connectivity index (χ4v) is 3.93. The van der Waals surface area contributed by atoms with E-state index in [1.807, 2.05) is 0 Å². The second-order valence-corrected chi connectivity index (χ2v) is 7.64. The zero-order valence-electron chi connectivity index (χ0n) is 16.9. The maximum Gasteiger partial charge on any atom is 0.254 e. The number of rotatable bonds is 5. The summed E-state index contributed by atoms with van der Waals surface area (Å²) in [5, 5.41) is 4.19. The zero-order chi connectivity index (χ0) is 19.4. The third-order valence-corrected chi connectivity index (χ3v) is 5.14. The van der Waals surface area contributed by atoms with Crippen molar-refractivity contribution in [2.75, 3.05) is 19.6 Å². The number of nitrogens with zero attached hydrogens (tertiary/aromatic N) is 3.